The molecular weight excluding hydrogens is 174 g/mol. The Hall–Kier alpha value is -0.0800. The maximum Gasteiger partial charge on any atom is 0.0431 e. The Labute approximate surface area is 88.3 Å². The SMILES string of the molecule is CC1CCCCC1N(C)CCCCO. The summed E-state index contributed by atoms with van der Waals surface area (Å²) in [4.78, 5) is 2.50. The third-order valence-corrected chi connectivity index (χ3v) is 3.55. The highest BCUT2D eigenvalue weighted by Crippen LogP contribution is 2.27. The van der Waals surface area contributed by atoms with E-state index in [-0.39, 0.29) is 0 Å². The molecule has 1 N–H and O–H groups in total. The van der Waals surface area contributed by atoms with E-state index in [4.69, 9.17) is 5.11 Å². The van der Waals surface area contributed by atoms with Crippen molar-refractivity contribution in [1.82, 2.24) is 4.90 Å². The highest BCUT2D eigenvalue weighted by molar-refractivity contribution is 4.79. The minimum Gasteiger partial charge on any atom is -0.396 e. The number of aliphatic hydroxyl groups excluding tert-OH is 1. The summed E-state index contributed by atoms with van der Waals surface area (Å²) < 4.78 is 0. The molecule has 1 rings (SSSR count). The van der Waals surface area contributed by atoms with Crippen LogP contribution in [0.3, 0.4) is 0 Å². The molecule has 0 saturated heterocycles. The van der Waals surface area contributed by atoms with Crippen molar-refractivity contribution < 1.29 is 5.11 Å². The van der Waals surface area contributed by atoms with Crippen LogP contribution in [-0.2, 0) is 0 Å². The zero-order valence-corrected chi connectivity index (χ0v) is 9.71. The number of unbranched alkanes of at least 4 members (excludes halogenated alkanes) is 1. The second kappa shape index (κ2) is 6.41. The first-order chi connectivity index (χ1) is 6.75. The molecule has 0 aromatic rings. The molecule has 1 saturated carbocycles. The van der Waals surface area contributed by atoms with Gasteiger partial charge in [-0.1, -0.05) is 19.8 Å². The van der Waals surface area contributed by atoms with Crippen LogP contribution in [0.15, 0.2) is 0 Å². The summed E-state index contributed by atoms with van der Waals surface area (Å²) in [6.07, 6.45) is 7.68. The summed E-state index contributed by atoms with van der Waals surface area (Å²) in [7, 11) is 2.24. The van der Waals surface area contributed by atoms with Gasteiger partial charge in [-0.25, -0.2) is 0 Å². The van der Waals surface area contributed by atoms with Gasteiger partial charge in [0.15, 0.2) is 0 Å². The van der Waals surface area contributed by atoms with E-state index in [1.54, 1.807) is 0 Å². The predicted octanol–water partition coefficient (Wildman–Crippen LogP) is 2.27. The summed E-state index contributed by atoms with van der Waals surface area (Å²) in [6, 6.07) is 0.794. The van der Waals surface area contributed by atoms with Gasteiger partial charge in [-0.3, -0.25) is 0 Å². The van der Waals surface area contributed by atoms with E-state index in [9.17, 15) is 0 Å². The van der Waals surface area contributed by atoms with Crippen LogP contribution in [0.1, 0.15) is 45.4 Å². The Morgan fingerprint density at radius 1 is 1.21 bits per heavy atom. The van der Waals surface area contributed by atoms with Crippen molar-refractivity contribution in [2.24, 2.45) is 5.92 Å². The first-order valence-corrected chi connectivity index (χ1v) is 6.07. The molecular formula is C12H25NO. The minimum absolute atomic E-state index is 0.341. The summed E-state index contributed by atoms with van der Waals surface area (Å²) in [5.41, 5.74) is 0. The van der Waals surface area contributed by atoms with Crippen molar-refractivity contribution in [3.8, 4) is 0 Å². The molecule has 2 unspecified atom stereocenters. The second-order valence-corrected chi connectivity index (χ2v) is 4.74. The third-order valence-electron chi connectivity index (χ3n) is 3.55. The van der Waals surface area contributed by atoms with Crippen molar-refractivity contribution in [1.29, 1.82) is 0 Å². The van der Waals surface area contributed by atoms with Crippen molar-refractivity contribution in [2.45, 2.75) is 51.5 Å². The fourth-order valence-corrected chi connectivity index (χ4v) is 2.59. The predicted molar refractivity (Wildman–Crippen MR) is 60.4 cm³/mol. The van der Waals surface area contributed by atoms with E-state index in [0.29, 0.717) is 6.61 Å². The number of aliphatic hydroxyl groups is 1. The lowest BCUT2D eigenvalue weighted by Gasteiger charge is -2.36. The molecule has 2 heteroatoms. The average Bonchev–Trinajstić information content (AvgIpc) is 2.18. The lowest BCUT2D eigenvalue weighted by molar-refractivity contribution is 0.135. The average molecular weight is 199 g/mol. The Bertz CT molecular complexity index is 149. The summed E-state index contributed by atoms with van der Waals surface area (Å²) in [6.45, 7) is 3.87. The second-order valence-electron chi connectivity index (χ2n) is 4.74. The molecule has 1 aliphatic rings. The molecule has 84 valence electrons. The smallest absolute Gasteiger partial charge is 0.0431 e. The molecule has 1 aliphatic carbocycles. The highest BCUT2D eigenvalue weighted by atomic mass is 16.2. The molecule has 0 amide bonds. The lowest BCUT2D eigenvalue weighted by Crippen LogP contribution is -2.39. The molecule has 0 heterocycles. The van der Waals surface area contributed by atoms with Crippen LogP contribution in [0.5, 0.6) is 0 Å². The Kier molecular flexibility index (Phi) is 5.49. The van der Waals surface area contributed by atoms with Crippen LogP contribution < -0.4 is 0 Å². The van der Waals surface area contributed by atoms with Gasteiger partial charge in [-0.05, 0) is 45.2 Å². The van der Waals surface area contributed by atoms with E-state index in [0.717, 1.165) is 31.3 Å². The van der Waals surface area contributed by atoms with Crippen LogP contribution >= 0.6 is 0 Å². The first-order valence-electron chi connectivity index (χ1n) is 6.07. The molecule has 0 spiro atoms. The van der Waals surface area contributed by atoms with Crippen molar-refractivity contribution in [3.05, 3.63) is 0 Å². The van der Waals surface area contributed by atoms with Gasteiger partial charge in [-0.2, -0.15) is 0 Å². The van der Waals surface area contributed by atoms with E-state index >= 15 is 0 Å². The molecule has 0 aromatic heterocycles. The fraction of sp³-hybridized carbons (Fsp3) is 1.00. The summed E-state index contributed by atoms with van der Waals surface area (Å²) in [5.74, 6) is 0.864. The standard InChI is InChI=1S/C12H25NO/c1-11-7-3-4-8-12(11)13(2)9-5-6-10-14/h11-12,14H,3-10H2,1-2H3. The third kappa shape index (κ3) is 3.58. The van der Waals surface area contributed by atoms with Gasteiger partial charge in [0.25, 0.3) is 0 Å². The number of hydrogen-bond donors (Lipinski definition) is 1. The number of hydrogen-bond acceptors (Lipinski definition) is 2. The largest absolute Gasteiger partial charge is 0.396 e. The Morgan fingerprint density at radius 3 is 2.57 bits per heavy atom. The van der Waals surface area contributed by atoms with Gasteiger partial charge in [0.2, 0.25) is 0 Å². The molecule has 14 heavy (non-hydrogen) atoms. The van der Waals surface area contributed by atoms with Crippen molar-refractivity contribution in [3.63, 3.8) is 0 Å². The topological polar surface area (TPSA) is 23.5 Å². The Morgan fingerprint density at radius 2 is 1.93 bits per heavy atom. The van der Waals surface area contributed by atoms with Gasteiger partial charge in [0.05, 0.1) is 0 Å². The first kappa shape index (κ1) is 12.0. The van der Waals surface area contributed by atoms with E-state index in [1.165, 1.54) is 25.7 Å². The zero-order valence-electron chi connectivity index (χ0n) is 9.71. The molecule has 0 aliphatic heterocycles. The van der Waals surface area contributed by atoms with Gasteiger partial charge < -0.3 is 10.0 Å². The van der Waals surface area contributed by atoms with Gasteiger partial charge >= 0.3 is 0 Å². The molecule has 0 bridgehead atoms. The lowest BCUT2D eigenvalue weighted by atomic mass is 9.85. The number of nitrogens with zero attached hydrogens (tertiary/aromatic N) is 1. The Balaban J connectivity index is 2.23. The molecule has 1 fully saturated rings. The van der Waals surface area contributed by atoms with E-state index in [1.807, 2.05) is 0 Å². The van der Waals surface area contributed by atoms with E-state index < -0.39 is 0 Å². The van der Waals surface area contributed by atoms with Crippen LogP contribution in [-0.4, -0.2) is 36.2 Å². The van der Waals surface area contributed by atoms with Gasteiger partial charge in [-0.15, -0.1) is 0 Å². The zero-order chi connectivity index (χ0) is 10.4. The maximum atomic E-state index is 8.72. The number of rotatable bonds is 5. The minimum atomic E-state index is 0.341. The molecule has 2 atom stereocenters. The van der Waals surface area contributed by atoms with Crippen LogP contribution in [0.2, 0.25) is 0 Å². The highest BCUT2D eigenvalue weighted by Gasteiger charge is 2.24. The maximum absolute atomic E-state index is 8.72. The van der Waals surface area contributed by atoms with Crippen LogP contribution in [0.25, 0.3) is 0 Å². The van der Waals surface area contributed by atoms with Crippen LogP contribution in [0.4, 0.5) is 0 Å². The van der Waals surface area contributed by atoms with Gasteiger partial charge in [0.1, 0.15) is 0 Å². The molecule has 0 radical (unpaired) electrons. The molecule has 0 aromatic carbocycles. The normalized spacial score (nSPS) is 28.3. The monoisotopic (exact) mass is 199 g/mol. The quantitative estimate of drug-likeness (QED) is 0.687. The van der Waals surface area contributed by atoms with E-state index in [2.05, 4.69) is 18.9 Å². The van der Waals surface area contributed by atoms with Crippen molar-refractivity contribution in [2.75, 3.05) is 20.2 Å². The fourth-order valence-electron chi connectivity index (χ4n) is 2.59. The molecule has 2 nitrogen and oxygen atoms in total. The summed E-state index contributed by atoms with van der Waals surface area (Å²) >= 11 is 0. The van der Waals surface area contributed by atoms with Gasteiger partial charge in [0, 0.05) is 12.6 Å². The summed E-state index contributed by atoms with van der Waals surface area (Å²) in [5, 5.41) is 8.72. The van der Waals surface area contributed by atoms with Crippen molar-refractivity contribution >= 4 is 0 Å². The van der Waals surface area contributed by atoms with Crippen LogP contribution in [0, 0.1) is 5.92 Å².